The van der Waals surface area contributed by atoms with Crippen LogP contribution in [0, 0.1) is 0 Å². The van der Waals surface area contributed by atoms with Gasteiger partial charge in [-0.2, -0.15) is 0 Å². The molecule has 0 aliphatic rings. The summed E-state index contributed by atoms with van der Waals surface area (Å²) in [4.78, 5) is 12.6. The molecular formula is C21H43OP. The zero-order chi connectivity index (χ0) is 17.4. The molecule has 0 aromatic heterocycles. The van der Waals surface area contributed by atoms with Crippen LogP contribution in [0.25, 0.3) is 0 Å². The highest BCUT2D eigenvalue weighted by Gasteiger charge is 2.18. The molecule has 23 heavy (non-hydrogen) atoms. The lowest BCUT2D eigenvalue weighted by Crippen LogP contribution is -2.10. The molecule has 0 heterocycles. The molecule has 0 amide bonds. The topological polar surface area (TPSA) is 17.1 Å². The molecular weight excluding hydrogens is 299 g/mol. The Bertz CT molecular complexity index is 304. The number of carbonyl (C=O) groups excluding carboxylic acids is 1. The van der Waals surface area contributed by atoms with E-state index in [4.69, 9.17) is 0 Å². The summed E-state index contributed by atoms with van der Waals surface area (Å²) in [7, 11) is 0. The molecule has 0 radical (unpaired) electrons. The maximum Gasteiger partial charge on any atom is 0.155 e. The molecule has 0 saturated heterocycles. The van der Waals surface area contributed by atoms with Gasteiger partial charge in [-0.15, -0.1) is 6.89 Å². The Morgan fingerprint density at radius 2 is 1.09 bits per heavy atom. The van der Waals surface area contributed by atoms with Crippen molar-refractivity contribution < 1.29 is 4.79 Å². The van der Waals surface area contributed by atoms with Crippen LogP contribution in [0.3, 0.4) is 0 Å². The molecule has 0 aromatic carbocycles. The summed E-state index contributed by atoms with van der Waals surface area (Å²) in [5.74, 6) is 2.76. The van der Waals surface area contributed by atoms with Gasteiger partial charge in [0.25, 0.3) is 0 Å². The molecule has 0 aliphatic heterocycles. The van der Waals surface area contributed by atoms with E-state index in [1.807, 2.05) is 0 Å². The molecule has 0 bridgehead atoms. The first kappa shape index (κ1) is 23.0. The zero-order valence-electron chi connectivity index (χ0n) is 16.5. The zero-order valence-corrected chi connectivity index (χ0v) is 17.4. The first-order valence-corrected chi connectivity index (χ1v) is 12.8. The minimum absolute atomic E-state index is 0.471. The molecule has 2 heteroatoms. The Hall–Kier alpha value is -0.0300. The lowest BCUT2D eigenvalue weighted by atomic mass is 10.1. The quantitative estimate of drug-likeness (QED) is 0.215. The molecule has 138 valence electrons. The van der Waals surface area contributed by atoms with Crippen LogP contribution >= 0.6 is 6.89 Å². The van der Waals surface area contributed by atoms with E-state index in [-0.39, 0.29) is 0 Å². The van der Waals surface area contributed by atoms with E-state index < -0.39 is 6.89 Å². The first-order valence-electron chi connectivity index (χ1n) is 10.4. The van der Waals surface area contributed by atoms with Crippen molar-refractivity contribution in [3.8, 4) is 0 Å². The second-order valence-corrected chi connectivity index (χ2v) is 11.2. The lowest BCUT2D eigenvalue weighted by Gasteiger charge is -2.26. The normalized spacial score (nSPS) is 11.7. The number of carbonyl (C=O) groups is 1. The smallest absolute Gasteiger partial charge is 0.155 e. The average molecular weight is 343 g/mol. The van der Waals surface area contributed by atoms with E-state index in [1.165, 1.54) is 82.7 Å². The van der Waals surface area contributed by atoms with Crippen LogP contribution in [0.15, 0.2) is 0 Å². The monoisotopic (exact) mass is 342 g/mol. The average Bonchev–Trinajstić information content (AvgIpc) is 2.56. The first-order chi connectivity index (χ1) is 11.1. The predicted molar refractivity (Wildman–Crippen MR) is 111 cm³/mol. The van der Waals surface area contributed by atoms with Gasteiger partial charge in [0, 0.05) is 6.42 Å². The second kappa shape index (κ2) is 15.5. The highest BCUT2D eigenvalue weighted by molar-refractivity contribution is 7.76. The van der Waals surface area contributed by atoms with Crippen LogP contribution in [-0.4, -0.2) is 30.1 Å². The Morgan fingerprint density at radius 1 is 0.652 bits per heavy atom. The van der Waals surface area contributed by atoms with Crippen molar-refractivity contribution in [1.29, 1.82) is 0 Å². The Labute approximate surface area is 147 Å². The van der Waals surface area contributed by atoms with E-state index in [1.54, 1.807) is 0 Å². The highest BCUT2D eigenvalue weighted by Crippen LogP contribution is 2.49. The maximum absolute atomic E-state index is 12.6. The van der Waals surface area contributed by atoms with Crippen molar-refractivity contribution in [2.24, 2.45) is 0 Å². The fourth-order valence-electron chi connectivity index (χ4n) is 3.22. The van der Waals surface area contributed by atoms with Crippen molar-refractivity contribution in [1.82, 2.24) is 0 Å². The number of unbranched alkanes of at least 4 members (excludes halogenated alkanes) is 7. The molecule has 0 rings (SSSR count). The largest absolute Gasteiger partial charge is 0.295 e. The number of hydrogen-bond acceptors (Lipinski definition) is 1. The Kier molecular flexibility index (Phi) is 15.5. The summed E-state index contributed by atoms with van der Waals surface area (Å²) in [6, 6.07) is 0. The van der Waals surface area contributed by atoms with Gasteiger partial charge in [0.2, 0.25) is 0 Å². The van der Waals surface area contributed by atoms with E-state index in [9.17, 15) is 4.79 Å². The van der Waals surface area contributed by atoms with Crippen LogP contribution in [0.1, 0.15) is 105 Å². The third kappa shape index (κ3) is 12.0. The number of Topliss-reactive ketones (excluding diaryl/α,β-unsaturated/α-hetero) is 1. The van der Waals surface area contributed by atoms with Crippen molar-refractivity contribution in [3.05, 3.63) is 0 Å². The minimum Gasteiger partial charge on any atom is -0.295 e. The summed E-state index contributed by atoms with van der Waals surface area (Å²) < 4.78 is 0. The Balaban J connectivity index is 4.77. The van der Waals surface area contributed by atoms with Crippen LogP contribution in [-0.2, 0) is 4.79 Å². The standard InChI is InChI=1S/C21H43OP/c1-5-9-13-14-15-16-21(22)20-23(17-10-6-2,18-11-7-3)19-12-8-4/h20H,5-19H2,1-4H3. The maximum atomic E-state index is 12.6. The lowest BCUT2D eigenvalue weighted by molar-refractivity contribution is -0.112. The van der Waals surface area contributed by atoms with E-state index in [0.717, 1.165) is 12.8 Å². The van der Waals surface area contributed by atoms with Crippen LogP contribution < -0.4 is 0 Å². The van der Waals surface area contributed by atoms with Crippen LogP contribution in [0.5, 0.6) is 0 Å². The van der Waals surface area contributed by atoms with Crippen LogP contribution in [0.4, 0.5) is 0 Å². The van der Waals surface area contributed by atoms with Gasteiger partial charge in [0.05, 0.1) is 0 Å². The molecule has 0 saturated carbocycles. The Morgan fingerprint density at radius 3 is 1.52 bits per heavy atom. The van der Waals surface area contributed by atoms with Crippen molar-refractivity contribution in [2.75, 3.05) is 18.5 Å². The fraction of sp³-hybridized carbons (Fsp3) is 0.905. The van der Waals surface area contributed by atoms with Gasteiger partial charge in [-0.05, 0) is 50.0 Å². The second-order valence-electron chi connectivity index (χ2n) is 7.21. The summed E-state index contributed by atoms with van der Waals surface area (Å²) in [5.41, 5.74) is 0. The molecule has 0 fully saturated rings. The van der Waals surface area contributed by atoms with E-state index >= 15 is 0 Å². The van der Waals surface area contributed by atoms with Gasteiger partial charge in [0.1, 0.15) is 0 Å². The van der Waals surface area contributed by atoms with Crippen molar-refractivity contribution in [2.45, 2.75) is 105 Å². The summed E-state index contributed by atoms with van der Waals surface area (Å²) in [6.07, 6.45) is 18.7. The number of hydrogen-bond donors (Lipinski definition) is 0. The molecule has 1 nitrogen and oxygen atoms in total. The van der Waals surface area contributed by atoms with Gasteiger partial charge in [-0.1, -0.05) is 72.6 Å². The molecule has 0 atom stereocenters. The summed E-state index contributed by atoms with van der Waals surface area (Å²) in [5, 5.41) is 0. The predicted octanol–water partition coefficient (Wildman–Crippen LogP) is 7.14. The van der Waals surface area contributed by atoms with Crippen molar-refractivity contribution in [3.63, 3.8) is 0 Å². The molecule has 0 aliphatic carbocycles. The highest BCUT2D eigenvalue weighted by atomic mass is 31.2. The van der Waals surface area contributed by atoms with E-state index in [2.05, 4.69) is 33.5 Å². The fourth-order valence-corrected chi connectivity index (χ4v) is 7.86. The van der Waals surface area contributed by atoms with Gasteiger partial charge in [-0.25, -0.2) is 0 Å². The summed E-state index contributed by atoms with van der Waals surface area (Å²) in [6.45, 7) is 7.95. The third-order valence-electron chi connectivity index (χ3n) is 4.82. The third-order valence-corrected chi connectivity index (χ3v) is 9.27. The van der Waals surface area contributed by atoms with Gasteiger partial charge >= 0.3 is 0 Å². The number of rotatable bonds is 16. The van der Waals surface area contributed by atoms with Gasteiger partial charge < -0.3 is 0 Å². The minimum atomic E-state index is -1.14. The molecule has 0 N–H and O–H groups in total. The molecule has 0 spiro atoms. The van der Waals surface area contributed by atoms with Gasteiger partial charge in [0.15, 0.2) is 5.78 Å². The SMILES string of the molecule is CCCCCCCC(=O)C=P(CCCC)(CCCC)CCCC. The van der Waals surface area contributed by atoms with E-state index in [0.29, 0.717) is 5.78 Å². The van der Waals surface area contributed by atoms with Crippen LogP contribution in [0.2, 0.25) is 0 Å². The van der Waals surface area contributed by atoms with Crippen molar-refractivity contribution >= 4 is 18.5 Å². The van der Waals surface area contributed by atoms with Gasteiger partial charge in [-0.3, -0.25) is 4.79 Å². The molecule has 0 unspecified atom stereocenters. The number of ketones is 1. The molecule has 0 aromatic rings. The summed E-state index contributed by atoms with van der Waals surface area (Å²) >= 11 is 0.